The normalized spacial score (nSPS) is 34.1. The number of nitrogens with one attached hydrogen (secondary N) is 1. The molecule has 14 heavy (non-hydrogen) atoms. The fourth-order valence-electron chi connectivity index (χ4n) is 2.30. The van der Waals surface area contributed by atoms with Crippen molar-refractivity contribution in [2.45, 2.75) is 18.9 Å². The molecule has 0 aromatic carbocycles. The van der Waals surface area contributed by atoms with E-state index in [1.807, 2.05) is 0 Å². The maximum absolute atomic E-state index is 11.3. The van der Waals surface area contributed by atoms with Gasteiger partial charge in [0, 0.05) is 19.1 Å². The van der Waals surface area contributed by atoms with Crippen molar-refractivity contribution in [1.82, 2.24) is 10.2 Å². The van der Waals surface area contributed by atoms with Crippen LogP contribution < -0.4 is 5.32 Å². The summed E-state index contributed by atoms with van der Waals surface area (Å²) >= 11 is 0. The highest BCUT2D eigenvalue weighted by molar-refractivity contribution is 7.91. The van der Waals surface area contributed by atoms with Crippen molar-refractivity contribution >= 4 is 9.84 Å². The van der Waals surface area contributed by atoms with Crippen molar-refractivity contribution in [2.24, 2.45) is 0 Å². The Morgan fingerprint density at radius 2 is 2.07 bits per heavy atom. The van der Waals surface area contributed by atoms with Crippen LogP contribution in [-0.4, -0.2) is 57.0 Å². The van der Waals surface area contributed by atoms with Gasteiger partial charge >= 0.3 is 0 Å². The molecule has 2 rings (SSSR count). The molecule has 2 fully saturated rings. The van der Waals surface area contributed by atoms with Crippen molar-refractivity contribution in [2.75, 3.05) is 37.7 Å². The monoisotopic (exact) mass is 218 g/mol. The van der Waals surface area contributed by atoms with Gasteiger partial charge in [-0.25, -0.2) is 8.42 Å². The topological polar surface area (TPSA) is 49.4 Å². The third-order valence-electron chi connectivity index (χ3n) is 3.10. The van der Waals surface area contributed by atoms with Gasteiger partial charge in [-0.05, 0) is 25.9 Å². The molecule has 2 aliphatic rings. The van der Waals surface area contributed by atoms with Gasteiger partial charge < -0.3 is 5.32 Å². The molecule has 2 heterocycles. The smallest absolute Gasteiger partial charge is 0.151 e. The first-order valence-corrected chi connectivity index (χ1v) is 7.15. The molecule has 0 bridgehead atoms. The highest BCUT2D eigenvalue weighted by atomic mass is 32.2. The van der Waals surface area contributed by atoms with Crippen LogP contribution in [0.2, 0.25) is 0 Å². The second kappa shape index (κ2) is 4.16. The van der Waals surface area contributed by atoms with Crippen LogP contribution in [0.5, 0.6) is 0 Å². The molecule has 5 heteroatoms. The zero-order valence-electron chi connectivity index (χ0n) is 8.41. The van der Waals surface area contributed by atoms with Gasteiger partial charge in [0.1, 0.15) is 0 Å². The molecule has 0 aliphatic carbocycles. The van der Waals surface area contributed by atoms with Crippen LogP contribution in [0.3, 0.4) is 0 Å². The van der Waals surface area contributed by atoms with E-state index in [0.29, 0.717) is 17.5 Å². The van der Waals surface area contributed by atoms with Crippen LogP contribution in [0, 0.1) is 0 Å². The maximum Gasteiger partial charge on any atom is 0.151 e. The first-order valence-electron chi connectivity index (χ1n) is 5.32. The zero-order valence-corrected chi connectivity index (χ0v) is 9.22. The Bertz CT molecular complexity index is 281. The number of nitrogens with zero attached hydrogens (tertiary/aromatic N) is 1. The molecular formula is C9H18N2O2S. The molecule has 0 unspecified atom stereocenters. The molecule has 0 amide bonds. The van der Waals surface area contributed by atoms with Crippen molar-refractivity contribution in [3.63, 3.8) is 0 Å². The minimum atomic E-state index is -2.72. The summed E-state index contributed by atoms with van der Waals surface area (Å²) in [5.41, 5.74) is 0. The number of rotatable bonds is 1. The van der Waals surface area contributed by atoms with Crippen LogP contribution in [0.25, 0.3) is 0 Å². The van der Waals surface area contributed by atoms with E-state index in [1.54, 1.807) is 0 Å². The molecule has 1 N–H and O–H groups in total. The fourth-order valence-corrected chi connectivity index (χ4v) is 4.06. The van der Waals surface area contributed by atoms with Crippen LogP contribution in [0.4, 0.5) is 0 Å². The van der Waals surface area contributed by atoms with E-state index in [-0.39, 0.29) is 0 Å². The van der Waals surface area contributed by atoms with Gasteiger partial charge in [0.2, 0.25) is 0 Å². The molecule has 2 saturated heterocycles. The summed E-state index contributed by atoms with van der Waals surface area (Å²) in [4.78, 5) is 2.34. The second-order valence-electron chi connectivity index (χ2n) is 4.20. The fraction of sp³-hybridized carbons (Fsp3) is 1.00. The molecule has 4 nitrogen and oxygen atoms in total. The van der Waals surface area contributed by atoms with Gasteiger partial charge in [-0.2, -0.15) is 0 Å². The number of hydrogen-bond acceptors (Lipinski definition) is 4. The summed E-state index contributed by atoms with van der Waals surface area (Å²) < 4.78 is 22.7. The predicted octanol–water partition coefficient (Wildman–Crippen LogP) is -0.531. The van der Waals surface area contributed by atoms with Crippen molar-refractivity contribution < 1.29 is 8.42 Å². The van der Waals surface area contributed by atoms with E-state index in [1.165, 1.54) is 0 Å². The minimum Gasteiger partial charge on any atom is -0.315 e. The number of sulfone groups is 1. The SMILES string of the molecule is O=S1(=O)CC[C@@H](N2CCCNCC2)C1. The van der Waals surface area contributed by atoms with Gasteiger partial charge in [0.05, 0.1) is 11.5 Å². The lowest BCUT2D eigenvalue weighted by Crippen LogP contribution is -2.38. The lowest BCUT2D eigenvalue weighted by Gasteiger charge is -2.25. The summed E-state index contributed by atoms with van der Waals surface area (Å²) in [7, 11) is -2.72. The summed E-state index contributed by atoms with van der Waals surface area (Å²) in [5.74, 6) is 0.772. The first kappa shape index (κ1) is 10.4. The van der Waals surface area contributed by atoms with Gasteiger partial charge in [0.15, 0.2) is 9.84 Å². The van der Waals surface area contributed by atoms with Crippen LogP contribution in [-0.2, 0) is 9.84 Å². The maximum atomic E-state index is 11.3. The Hall–Kier alpha value is -0.130. The molecule has 0 aromatic rings. The predicted molar refractivity (Wildman–Crippen MR) is 56.1 cm³/mol. The lowest BCUT2D eigenvalue weighted by atomic mass is 10.2. The van der Waals surface area contributed by atoms with E-state index in [4.69, 9.17) is 0 Å². The van der Waals surface area contributed by atoms with Crippen LogP contribution in [0.15, 0.2) is 0 Å². The van der Waals surface area contributed by atoms with E-state index >= 15 is 0 Å². The summed E-state index contributed by atoms with van der Waals surface area (Å²) in [5, 5.41) is 3.33. The molecule has 0 spiro atoms. The summed E-state index contributed by atoms with van der Waals surface area (Å²) in [6.07, 6.45) is 1.97. The van der Waals surface area contributed by atoms with E-state index in [2.05, 4.69) is 10.2 Å². The molecule has 0 radical (unpaired) electrons. The third kappa shape index (κ3) is 2.46. The average molecular weight is 218 g/mol. The summed E-state index contributed by atoms with van der Waals surface area (Å²) in [6.45, 7) is 4.11. The zero-order chi connectivity index (χ0) is 10.0. The Morgan fingerprint density at radius 1 is 1.21 bits per heavy atom. The molecule has 0 aromatic heterocycles. The third-order valence-corrected chi connectivity index (χ3v) is 4.85. The van der Waals surface area contributed by atoms with Gasteiger partial charge in [-0.1, -0.05) is 0 Å². The minimum absolute atomic E-state index is 0.292. The Morgan fingerprint density at radius 3 is 2.79 bits per heavy atom. The average Bonchev–Trinajstić information content (AvgIpc) is 2.42. The highest BCUT2D eigenvalue weighted by Gasteiger charge is 2.31. The quantitative estimate of drug-likeness (QED) is 0.643. The lowest BCUT2D eigenvalue weighted by molar-refractivity contribution is 0.227. The van der Waals surface area contributed by atoms with Crippen molar-refractivity contribution in [3.8, 4) is 0 Å². The largest absolute Gasteiger partial charge is 0.315 e. The molecule has 2 aliphatic heterocycles. The van der Waals surface area contributed by atoms with E-state index in [0.717, 1.165) is 39.0 Å². The van der Waals surface area contributed by atoms with Crippen LogP contribution >= 0.6 is 0 Å². The number of hydrogen-bond donors (Lipinski definition) is 1. The molecular weight excluding hydrogens is 200 g/mol. The first-order chi connectivity index (χ1) is 6.67. The van der Waals surface area contributed by atoms with Gasteiger partial charge in [-0.3, -0.25) is 4.90 Å². The van der Waals surface area contributed by atoms with Gasteiger partial charge in [0.25, 0.3) is 0 Å². The highest BCUT2D eigenvalue weighted by Crippen LogP contribution is 2.18. The van der Waals surface area contributed by atoms with Crippen LogP contribution in [0.1, 0.15) is 12.8 Å². The summed E-state index contributed by atoms with van der Waals surface area (Å²) in [6, 6.07) is 0.292. The van der Waals surface area contributed by atoms with E-state index in [9.17, 15) is 8.42 Å². The van der Waals surface area contributed by atoms with Crippen molar-refractivity contribution in [1.29, 1.82) is 0 Å². The Balaban J connectivity index is 1.94. The standard InChI is InChI=1S/C9H18N2O2S/c12-14(13)7-2-9(8-14)11-5-1-3-10-4-6-11/h9-10H,1-8H2/t9-/m1/s1. The second-order valence-corrected chi connectivity index (χ2v) is 6.43. The molecule has 0 saturated carbocycles. The Labute approximate surface area is 85.6 Å². The Kier molecular flexibility index (Phi) is 3.09. The van der Waals surface area contributed by atoms with E-state index < -0.39 is 9.84 Å². The van der Waals surface area contributed by atoms with Crippen molar-refractivity contribution in [3.05, 3.63) is 0 Å². The molecule has 1 atom stereocenters. The molecule has 82 valence electrons. The van der Waals surface area contributed by atoms with Gasteiger partial charge in [-0.15, -0.1) is 0 Å².